The van der Waals surface area contributed by atoms with Crippen molar-refractivity contribution in [3.63, 3.8) is 0 Å². The van der Waals surface area contributed by atoms with E-state index < -0.39 is 11.6 Å². The van der Waals surface area contributed by atoms with E-state index in [0.717, 1.165) is 30.6 Å². The Labute approximate surface area is 162 Å². The Bertz CT molecular complexity index is 778. The largest absolute Gasteiger partial charge is 0.497 e. The molecule has 3 rings (SSSR count). The molecule has 27 heavy (non-hydrogen) atoms. The first-order valence-corrected chi connectivity index (χ1v) is 9.91. The first kappa shape index (κ1) is 19.5. The van der Waals surface area contributed by atoms with Gasteiger partial charge in [0.1, 0.15) is 5.75 Å². The summed E-state index contributed by atoms with van der Waals surface area (Å²) < 4.78 is 32.0. The molecule has 2 aromatic carbocycles. The molecular formula is C20H22F2N2O2S. The Hall–Kier alpha value is -2.28. The summed E-state index contributed by atoms with van der Waals surface area (Å²) in [5.74, 6) is -0.287. The summed E-state index contributed by atoms with van der Waals surface area (Å²) in [6.07, 6.45) is 0. The Balaban J connectivity index is 1.44. The third kappa shape index (κ3) is 4.91. The molecule has 0 aliphatic carbocycles. The molecule has 1 heterocycles. The van der Waals surface area contributed by atoms with Crippen LogP contribution in [0, 0.1) is 11.6 Å². The second-order valence-electron chi connectivity index (χ2n) is 6.27. The molecule has 2 aromatic rings. The van der Waals surface area contributed by atoms with Crippen molar-refractivity contribution < 1.29 is 18.3 Å². The molecule has 0 bridgehead atoms. The molecule has 1 aliphatic heterocycles. The summed E-state index contributed by atoms with van der Waals surface area (Å²) in [5, 5.41) is 0. The molecular weight excluding hydrogens is 370 g/mol. The van der Waals surface area contributed by atoms with E-state index in [0.29, 0.717) is 13.1 Å². The number of piperazine rings is 1. The van der Waals surface area contributed by atoms with E-state index in [9.17, 15) is 13.6 Å². The second kappa shape index (κ2) is 9.08. The maximum absolute atomic E-state index is 13.6. The number of hydrogen-bond acceptors (Lipinski definition) is 4. The fourth-order valence-electron chi connectivity index (χ4n) is 3.01. The predicted molar refractivity (Wildman–Crippen MR) is 104 cm³/mol. The molecule has 0 aromatic heterocycles. The first-order chi connectivity index (χ1) is 13.1. The normalized spacial score (nSPS) is 14.3. The number of thioether (sulfide) groups is 1. The van der Waals surface area contributed by atoms with Crippen LogP contribution >= 0.6 is 11.8 Å². The quantitative estimate of drug-likeness (QED) is 0.753. The molecule has 0 unspecified atom stereocenters. The molecule has 144 valence electrons. The van der Waals surface area contributed by atoms with Crippen LogP contribution < -0.4 is 9.64 Å². The lowest BCUT2D eigenvalue weighted by atomic mass is 10.2. The first-order valence-electron chi connectivity index (χ1n) is 8.76. The van der Waals surface area contributed by atoms with Crippen molar-refractivity contribution in [2.45, 2.75) is 5.75 Å². The van der Waals surface area contributed by atoms with Crippen molar-refractivity contribution in [2.75, 3.05) is 43.9 Å². The smallest absolute Gasteiger partial charge is 0.232 e. The topological polar surface area (TPSA) is 32.8 Å². The van der Waals surface area contributed by atoms with Crippen molar-refractivity contribution in [1.29, 1.82) is 0 Å². The lowest BCUT2D eigenvalue weighted by Crippen LogP contribution is -2.49. The zero-order valence-corrected chi connectivity index (χ0v) is 16.0. The van der Waals surface area contributed by atoms with Gasteiger partial charge in [0.05, 0.1) is 12.9 Å². The number of ether oxygens (including phenoxy) is 1. The van der Waals surface area contributed by atoms with Crippen molar-refractivity contribution in [3.8, 4) is 5.75 Å². The van der Waals surface area contributed by atoms with Crippen molar-refractivity contribution in [1.82, 2.24) is 4.90 Å². The van der Waals surface area contributed by atoms with Crippen LogP contribution in [-0.2, 0) is 10.5 Å². The number of amides is 1. The van der Waals surface area contributed by atoms with Crippen LogP contribution in [0.4, 0.5) is 14.5 Å². The molecule has 0 radical (unpaired) electrons. The summed E-state index contributed by atoms with van der Waals surface area (Å²) in [4.78, 5) is 16.4. The van der Waals surface area contributed by atoms with Crippen molar-refractivity contribution >= 4 is 23.4 Å². The van der Waals surface area contributed by atoms with Crippen LogP contribution in [0.1, 0.15) is 5.56 Å². The number of hydrogen-bond donors (Lipinski definition) is 0. The summed E-state index contributed by atoms with van der Waals surface area (Å²) in [6, 6.07) is 12.0. The highest BCUT2D eigenvalue weighted by Crippen LogP contribution is 2.21. The van der Waals surface area contributed by atoms with Crippen LogP contribution in [0.5, 0.6) is 5.75 Å². The molecule has 4 nitrogen and oxygen atoms in total. The van der Waals surface area contributed by atoms with Gasteiger partial charge in [0.15, 0.2) is 11.6 Å². The maximum Gasteiger partial charge on any atom is 0.232 e. The van der Waals surface area contributed by atoms with Crippen molar-refractivity contribution in [2.24, 2.45) is 0 Å². The van der Waals surface area contributed by atoms with Gasteiger partial charge in [0, 0.05) is 43.2 Å². The summed E-state index contributed by atoms with van der Waals surface area (Å²) in [5.41, 5.74) is 1.40. The number of halogens is 2. The average Bonchev–Trinajstić information content (AvgIpc) is 2.71. The second-order valence-corrected chi connectivity index (χ2v) is 7.26. The Kier molecular flexibility index (Phi) is 6.55. The SMILES string of the molecule is COc1ccc(N2CCN(C(=O)CSCc3cccc(F)c3F)CC2)cc1. The Morgan fingerprint density at radius 3 is 2.44 bits per heavy atom. The lowest BCUT2D eigenvalue weighted by Gasteiger charge is -2.36. The Morgan fingerprint density at radius 2 is 1.78 bits per heavy atom. The van der Waals surface area contributed by atoms with Gasteiger partial charge in [-0.3, -0.25) is 4.79 Å². The summed E-state index contributed by atoms with van der Waals surface area (Å²) in [7, 11) is 1.64. The number of carbonyl (C=O) groups excluding carboxylic acids is 1. The highest BCUT2D eigenvalue weighted by molar-refractivity contribution is 7.99. The van der Waals surface area contributed by atoms with Gasteiger partial charge < -0.3 is 14.5 Å². The van der Waals surface area contributed by atoms with E-state index in [4.69, 9.17) is 4.74 Å². The van der Waals surface area contributed by atoms with E-state index in [2.05, 4.69) is 4.90 Å². The van der Waals surface area contributed by atoms with Gasteiger partial charge in [-0.05, 0) is 30.3 Å². The predicted octanol–water partition coefficient (Wildman–Crippen LogP) is 3.56. The number of carbonyl (C=O) groups is 1. The number of nitrogens with zero attached hydrogens (tertiary/aromatic N) is 2. The third-order valence-electron chi connectivity index (χ3n) is 4.58. The minimum atomic E-state index is -0.853. The zero-order valence-electron chi connectivity index (χ0n) is 15.2. The van der Waals surface area contributed by atoms with Crippen LogP contribution in [0.15, 0.2) is 42.5 Å². The molecule has 7 heteroatoms. The van der Waals surface area contributed by atoms with Gasteiger partial charge >= 0.3 is 0 Å². The molecule has 0 atom stereocenters. The standard InChI is InChI=1S/C20H22F2N2O2S/c1-26-17-7-5-16(6-8-17)23-9-11-24(12-10-23)19(25)14-27-13-15-3-2-4-18(21)20(15)22/h2-8H,9-14H2,1H3. The molecule has 0 N–H and O–H groups in total. The number of rotatable bonds is 6. The van der Waals surface area contributed by atoms with E-state index in [-0.39, 0.29) is 23.0 Å². The number of methoxy groups -OCH3 is 1. The van der Waals surface area contributed by atoms with Crippen LogP contribution in [0.3, 0.4) is 0 Å². The van der Waals surface area contributed by atoms with Gasteiger partial charge in [-0.2, -0.15) is 0 Å². The van der Waals surface area contributed by atoms with Gasteiger partial charge in [-0.1, -0.05) is 12.1 Å². The highest BCUT2D eigenvalue weighted by atomic mass is 32.2. The average molecular weight is 392 g/mol. The minimum absolute atomic E-state index is 0.0335. The highest BCUT2D eigenvalue weighted by Gasteiger charge is 2.21. The van der Waals surface area contributed by atoms with Gasteiger partial charge in [-0.15, -0.1) is 11.8 Å². The maximum atomic E-state index is 13.6. The molecule has 1 amide bonds. The number of benzene rings is 2. The molecule has 0 saturated carbocycles. The molecule has 0 spiro atoms. The van der Waals surface area contributed by atoms with E-state index in [1.807, 2.05) is 29.2 Å². The van der Waals surface area contributed by atoms with Crippen LogP contribution in [0.25, 0.3) is 0 Å². The van der Waals surface area contributed by atoms with E-state index in [1.165, 1.54) is 17.8 Å². The summed E-state index contributed by atoms with van der Waals surface area (Å²) in [6.45, 7) is 2.84. The molecule has 1 saturated heterocycles. The zero-order chi connectivity index (χ0) is 19.2. The van der Waals surface area contributed by atoms with Crippen LogP contribution in [-0.4, -0.2) is 49.8 Å². The molecule has 1 aliphatic rings. The van der Waals surface area contributed by atoms with E-state index in [1.54, 1.807) is 13.2 Å². The third-order valence-corrected chi connectivity index (χ3v) is 5.55. The van der Waals surface area contributed by atoms with E-state index >= 15 is 0 Å². The van der Waals surface area contributed by atoms with Gasteiger partial charge in [0.2, 0.25) is 5.91 Å². The number of anilines is 1. The lowest BCUT2D eigenvalue weighted by molar-refractivity contribution is -0.128. The Morgan fingerprint density at radius 1 is 1.07 bits per heavy atom. The minimum Gasteiger partial charge on any atom is -0.497 e. The van der Waals surface area contributed by atoms with Crippen LogP contribution in [0.2, 0.25) is 0 Å². The fourth-order valence-corrected chi connectivity index (χ4v) is 3.91. The monoisotopic (exact) mass is 392 g/mol. The van der Waals surface area contributed by atoms with Crippen molar-refractivity contribution in [3.05, 3.63) is 59.7 Å². The fraction of sp³-hybridized carbons (Fsp3) is 0.350. The van der Waals surface area contributed by atoms with Gasteiger partial charge in [-0.25, -0.2) is 8.78 Å². The van der Waals surface area contributed by atoms with Gasteiger partial charge in [0.25, 0.3) is 0 Å². The summed E-state index contributed by atoms with van der Waals surface area (Å²) >= 11 is 1.31. The molecule has 1 fully saturated rings.